The Hall–Kier alpha value is -5.19. The second-order valence-corrected chi connectivity index (χ2v) is 13.6. The number of aliphatic hydroxyl groups excluding tert-OH is 4. The summed E-state index contributed by atoms with van der Waals surface area (Å²) in [6.07, 6.45) is -4.02. The van der Waals surface area contributed by atoms with Gasteiger partial charge in [0.2, 0.25) is 5.91 Å². The van der Waals surface area contributed by atoms with Gasteiger partial charge in [-0.15, -0.1) is 0 Å². The van der Waals surface area contributed by atoms with Gasteiger partial charge in [-0.05, 0) is 67.7 Å². The van der Waals surface area contributed by atoms with Crippen LogP contribution in [0.1, 0.15) is 106 Å². The molecule has 7 atom stereocenters. The number of amides is 1. The van der Waals surface area contributed by atoms with E-state index in [-0.39, 0.29) is 35.2 Å². The van der Waals surface area contributed by atoms with Crippen LogP contribution in [0, 0.1) is 6.92 Å². The first-order valence-electron chi connectivity index (χ1n) is 17.4. The smallest absolute Gasteiger partial charge is 0.339 e. The molecule has 1 fully saturated rings. The summed E-state index contributed by atoms with van der Waals surface area (Å²) in [6.45, 7) is 11.1. The number of carboxylic acid groups (broad SMARTS) is 2. The molecule has 15 nitrogen and oxygen atoms in total. The lowest BCUT2D eigenvalue weighted by atomic mass is 9.85. The number of hydrogen-bond acceptors (Lipinski definition) is 10. The second kappa shape index (κ2) is 14.7. The van der Waals surface area contributed by atoms with Gasteiger partial charge < -0.3 is 50.7 Å². The number of hydrogen-bond donors (Lipinski definition) is 9. The predicted octanol–water partition coefficient (Wildman–Crippen LogP) is 3.59. The summed E-state index contributed by atoms with van der Waals surface area (Å²) in [5.74, 6) is -4.60. The van der Waals surface area contributed by atoms with Gasteiger partial charge in [0.1, 0.15) is 29.9 Å². The second-order valence-electron chi connectivity index (χ2n) is 13.6. The average molecular weight is 730 g/mol. The number of H-pyrrole nitrogens is 2. The first-order chi connectivity index (χ1) is 25.2. The SMILES string of the molecule is C=Cc1c(C)c2cc3nc(c(C(=O)O)c4[nH]c(cc5nc(cc1[nH]2)C(C)=C5CC)cc4C(=O)O)[C@@H](CCC(=O)N[C@@H]1[C@@H](O)[C@@H](O)[C@@H](CO)O[C@H]1O)[C@@H]3C. The van der Waals surface area contributed by atoms with Gasteiger partial charge >= 0.3 is 11.9 Å². The Labute approximate surface area is 303 Å². The lowest BCUT2D eigenvalue weighted by Crippen LogP contribution is -2.64. The standard InChI is InChI=1S/C38H43N5O10/c1-6-19-15(3)24-13-27-20(7-2)16(4)23(41-27)12-25-17(5)21(8-9-29(45)43-33-35(47)34(46)28(14-44)53-38(33)52)31(42-25)30(37(50)51)32-22(36(48)49)10-18(39-32)11-26(19)40-24/h7,10-13,17,21,28,33-35,38-39,41,44,46-47,52H,2,6,8-9,14H2,1,3-5H3,(H,43,45)(H,48,49)(H,50,51)/t17-,21-,28+,33+,34-,35+,38+/m0/s1. The van der Waals surface area contributed by atoms with Crippen molar-refractivity contribution >= 4 is 57.1 Å². The largest absolute Gasteiger partial charge is 0.478 e. The number of aryl methyl sites for hydroxylation is 1. The Morgan fingerprint density at radius 3 is 2.36 bits per heavy atom. The van der Waals surface area contributed by atoms with Crippen LogP contribution in [0.15, 0.2) is 30.8 Å². The fraction of sp³-hybridized carbons (Fsp3) is 0.395. The van der Waals surface area contributed by atoms with Crippen LogP contribution in [0.2, 0.25) is 0 Å². The first kappa shape index (κ1) is 37.6. The monoisotopic (exact) mass is 729 g/mol. The fourth-order valence-corrected chi connectivity index (χ4v) is 7.56. The molecule has 0 aromatic carbocycles. The van der Waals surface area contributed by atoms with E-state index in [1.165, 1.54) is 6.07 Å². The number of nitrogens with zero attached hydrogens (tertiary/aromatic N) is 2. The summed E-state index contributed by atoms with van der Waals surface area (Å²) < 4.78 is 5.15. The van der Waals surface area contributed by atoms with Gasteiger partial charge in [0.25, 0.3) is 0 Å². The number of carbonyl (C=O) groups is 3. The van der Waals surface area contributed by atoms with Crippen molar-refractivity contribution in [1.29, 1.82) is 0 Å². The number of carboxylic acids is 2. The highest BCUT2D eigenvalue weighted by atomic mass is 16.6. The third-order valence-corrected chi connectivity index (χ3v) is 10.5. The number of rotatable bonds is 9. The first-order valence-corrected chi connectivity index (χ1v) is 17.4. The van der Waals surface area contributed by atoms with Crippen LogP contribution in [-0.2, 0) is 9.53 Å². The molecule has 0 unspecified atom stereocenters. The normalized spacial score (nSPS) is 24.3. The molecule has 3 aromatic rings. The zero-order chi connectivity index (χ0) is 38.5. The van der Waals surface area contributed by atoms with E-state index in [4.69, 9.17) is 14.7 Å². The number of aromatic carboxylic acids is 2. The van der Waals surface area contributed by atoms with Crippen LogP contribution >= 0.6 is 0 Å². The number of nitrogens with one attached hydrogen (secondary N) is 3. The molecule has 15 heteroatoms. The molecule has 280 valence electrons. The van der Waals surface area contributed by atoms with E-state index in [9.17, 15) is 45.0 Å². The number of aromatic amines is 2. The van der Waals surface area contributed by atoms with Crippen LogP contribution in [0.5, 0.6) is 0 Å². The maximum absolute atomic E-state index is 13.3. The van der Waals surface area contributed by atoms with Gasteiger partial charge in [0.15, 0.2) is 6.29 Å². The molecule has 8 bridgehead atoms. The molecule has 53 heavy (non-hydrogen) atoms. The van der Waals surface area contributed by atoms with E-state index in [0.29, 0.717) is 34.5 Å². The van der Waals surface area contributed by atoms with Gasteiger partial charge in [0, 0.05) is 46.1 Å². The Morgan fingerprint density at radius 2 is 1.72 bits per heavy atom. The van der Waals surface area contributed by atoms with Crippen molar-refractivity contribution in [2.45, 2.75) is 89.4 Å². The molecule has 3 aliphatic heterocycles. The van der Waals surface area contributed by atoms with Crippen molar-refractivity contribution < 1.29 is 49.8 Å². The molecule has 3 aromatic heterocycles. The average Bonchev–Trinajstić information content (AvgIpc) is 3.83. The maximum atomic E-state index is 13.3. The summed E-state index contributed by atoms with van der Waals surface area (Å²) in [7, 11) is 0. The minimum atomic E-state index is -1.72. The zero-order valence-corrected chi connectivity index (χ0v) is 29.7. The molecule has 9 N–H and O–H groups in total. The molecule has 0 radical (unpaired) electrons. The molecule has 1 amide bonds. The highest BCUT2D eigenvalue weighted by molar-refractivity contribution is 6.07. The molecule has 6 rings (SSSR count). The summed E-state index contributed by atoms with van der Waals surface area (Å²) >= 11 is 0. The molecule has 0 saturated carbocycles. The van der Waals surface area contributed by atoms with Crippen LogP contribution in [-0.4, -0.2) is 106 Å². The van der Waals surface area contributed by atoms with Gasteiger partial charge in [-0.3, -0.25) is 9.78 Å². The van der Waals surface area contributed by atoms with Crippen LogP contribution in [0.4, 0.5) is 0 Å². The summed E-state index contributed by atoms with van der Waals surface area (Å²) in [6, 6.07) is 5.38. The van der Waals surface area contributed by atoms with Gasteiger partial charge in [0.05, 0.1) is 34.8 Å². The number of aliphatic hydroxyl groups is 4. The van der Waals surface area contributed by atoms with Crippen LogP contribution in [0.25, 0.3) is 39.3 Å². The van der Waals surface area contributed by atoms with E-state index < -0.39 is 66.9 Å². The lowest BCUT2D eigenvalue weighted by Gasteiger charge is -2.40. The third-order valence-electron chi connectivity index (χ3n) is 10.5. The Morgan fingerprint density at radius 1 is 0.981 bits per heavy atom. The Balaban J connectivity index is 1.54. The molecule has 1 saturated heterocycles. The molecule has 3 aliphatic rings. The van der Waals surface area contributed by atoms with Crippen LogP contribution < -0.4 is 5.32 Å². The van der Waals surface area contributed by atoms with Crippen molar-refractivity contribution in [3.63, 3.8) is 0 Å². The predicted molar refractivity (Wildman–Crippen MR) is 195 cm³/mol. The molecule has 0 aliphatic carbocycles. The van der Waals surface area contributed by atoms with E-state index in [1.807, 2.05) is 33.8 Å². The minimum absolute atomic E-state index is 0.0311. The van der Waals surface area contributed by atoms with Crippen LogP contribution in [0.3, 0.4) is 0 Å². The maximum Gasteiger partial charge on any atom is 0.339 e. The highest BCUT2D eigenvalue weighted by Crippen LogP contribution is 2.42. The minimum Gasteiger partial charge on any atom is -0.478 e. The fourth-order valence-electron chi connectivity index (χ4n) is 7.56. The van der Waals surface area contributed by atoms with E-state index >= 15 is 0 Å². The number of fused-ring (bicyclic) bond motifs is 8. The van der Waals surface area contributed by atoms with Crippen molar-refractivity contribution in [3.8, 4) is 0 Å². The quantitative estimate of drug-likeness (QED) is 0.153. The molecular weight excluding hydrogens is 686 g/mol. The Kier molecular flexibility index (Phi) is 10.4. The molecular formula is C38H43N5O10. The topological polar surface area (TPSA) is 251 Å². The summed E-state index contributed by atoms with van der Waals surface area (Å²) in [4.78, 5) is 55.2. The van der Waals surface area contributed by atoms with E-state index in [1.54, 1.807) is 18.2 Å². The van der Waals surface area contributed by atoms with Gasteiger partial charge in [-0.1, -0.05) is 26.5 Å². The number of ether oxygens (including phenoxy) is 1. The van der Waals surface area contributed by atoms with Crippen molar-refractivity contribution in [2.75, 3.05) is 6.61 Å². The summed E-state index contributed by atoms with van der Waals surface area (Å²) in [5.41, 5.74) is 6.42. The van der Waals surface area contributed by atoms with E-state index in [0.717, 1.165) is 27.8 Å². The van der Waals surface area contributed by atoms with Crippen molar-refractivity contribution in [1.82, 2.24) is 25.3 Å². The highest BCUT2D eigenvalue weighted by Gasteiger charge is 2.44. The van der Waals surface area contributed by atoms with Gasteiger partial charge in [-0.25, -0.2) is 14.6 Å². The summed E-state index contributed by atoms with van der Waals surface area (Å²) in [5, 5.41) is 64.0. The van der Waals surface area contributed by atoms with Crippen molar-refractivity contribution in [2.24, 2.45) is 0 Å². The van der Waals surface area contributed by atoms with Crippen molar-refractivity contribution in [3.05, 3.63) is 75.9 Å². The molecule has 6 heterocycles. The number of aromatic nitrogens is 4. The molecule has 0 spiro atoms. The number of allylic oxidation sites excluding steroid dienone is 2. The third kappa shape index (κ3) is 6.77. The number of carbonyl (C=O) groups excluding carboxylic acids is 1. The van der Waals surface area contributed by atoms with E-state index in [2.05, 4.69) is 21.9 Å². The van der Waals surface area contributed by atoms with Gasteiger partial charge in [-0.2, -0.15) is 0 Å². The Bertz CT molecular complexity index is 2200. The zero-order valence-electron chi connectivity index (χ0n) is 29.7. The lowest BCUT2D eigenvalue weighted by molar-refractivity contribution is -0.253.